The van der Waals surface area contributed by atoms with Gasteiger partial charge in [0.15, 0.2) is 0 Å². The van der Waals surface area contributed by atoms with Gasteiger partial charge in [-0.3, -0.25) is 9.59 Å². The van der Waals surface area contributed by atoms with E-state index in [4.69, 9.17) is 4.74 Å². The van der Waals surface area contributed by atoms with Crippen LogP contribution in [0.2, 0.25) is 0 Å². The smallest absolute Gasteiger partial charge is 0.471 e. The molecule has 0 radical (unpaired) electrons. The van der Waals surface area contributed by atoms with Gasteiger partial charge in [0.1, 0.15) is 11.9 Å². The first-order chi connectivity index (χ1) is 14.3. The van der Waals surface area contributed by atoms with Gasteiger partial charge in [0.2, 0.25) is 0 Å². The Morgan fingerprint density at radius 3 is 2.53 bits per heavy atom. The Morgan fingerprint density at radius 1 is 1.13 bits per heavy atom. The van der Waals surface area contributed by atoms with E-state index in [1.54, 1.807) is 24.3 Å². The molecule has 0 aromatic heterocycles. The number of carbonyl (C=O) groups is 2. The van der Waals surface area contributed by atoms with Crippen LogP contribution in [0.3, 0.4) is 0 Å². The molecule has 3 aliphatic rings. The Balaban J connectivity index is 1.27. The number of halogens is 3. The highest BCUT2D eigenvalue weighted by Crippen LogP contribution is 2.43. The van der Waals surface area contributed by atoms with E-state index in [9.17, 15) is 22.8 Å². The molecule has 1 heterocycles. The van der Waals surface area contributed by atoms with E-state index < -0.39 is 12.1 Å². The molecule has 0 spiro atoms. The predicted molar refractivity (Wildman–Crippen MR) is 104 cm³/mol. The van der Waals surface area contributed by atoms with Crippen molar-refractivity contribution in [1.29, 1.82) is 0 Å². The van der Waals surface area contributed by atoms with Crippen molar-refractivity contribution in [2.24, 2.45) is 17.8 Å². The van der Waals surface area contributed by atoms with Crippen molar-refractivity contribution in [2.75, 3.05) is 19.6 Å². The Labute approximate surface area is 173 Å². The first-order valence-electron chi connectivity index (χ1n) is 10.4. The fraction of sp³-hybridized carbons (Fsp3) is 0.545. The van der Waals surface area contributed by atoms with Gasteiger partial charge >= 0.3 is 12.1 Å². The standard InChI is InChI=1S/C22H25F3N2O3/c23-22(24,25)21(29)27-8-6-18(7-9-27)30-19-3-1-2-16(12-19)20(28)26-13-17-11-14-4-5-15(17)10-14/h1-5,12,14-15,17-18H,6-11,13H2,(H,26,28). The lowest BCUT2D eigenvalue weighted by Gasteiger charge is -2.32. The van der Waals surface area contributed by atoms with E-state index in [1.807, 2.05) is 0 Å². The van der Waals surface area contributed by atoms with Crippen molar-refractivity contribution in [3.05, 3.63) is 42.0 Å². The normalized spacial score (nSPS) is 26.1. The van der Waals surface area contributed by atoms with Gasteiger partial charge in [-0.15, -0.1) is 0 Å². The molecule has 2 bridgehead atoms. The van der Waals surface area contributed by atoms with Crippen LogP contribution in [0.4, 0.5) is 13.2 Å². The highest BCUT2D eigenvalue weighted by molar-refractivity contribution is 5.94. The van der Waals surface area contributed by atoms with Gasteiger partial charge in [0.25, 0.3) is 5.91 Å². The maximum absolute atomic E-state index is 12.5. The van der Waals surface area contributed by atoms with Gasteiger partial charge in [-0.2, -0.15) is 13.2 Å². The molecule has 2 fully saturated rings. The van der Waals surface area contributed by atoms with Crippen LogP contribution in [0.5, 0.6) is 5.75 Å². The summed E-state index contributed by atoms with van der Waals surface area (Å²) in [5, 5.41) is 3.01. The van der Waals surface area contributed by atoms with E-state index in [1.165, 1.54) is 6.42 Å². The second-order valence-corrected chi connectivity index (χ2v) is 8.39. The van der Waals surface area contributed by atoms with Crippen LogP contribution in [0.25, 0.3) is 0 Å². The molecule has 4 rings (SSSR count). The Hall–Kier alpha value is -2.51. The van der Waals surface area contributed by atoms with E-state index in [0.717, 1.165) is 11.3 Å². The number of hydrogen-bond acceptors (Lipinski definition) is 3. The average molecular weight is 422 g/mol. The minimum atomic E-state index is -4.84. The monoisotopic (exact) mass is 422 g/mol. The summed E-state index contributed by atoms with van der Waals surface area (Å²) in [5.74, 6) is 0.272. The number of allylic oxidation sites excluding steroid dienone is 2. The third kappa shape index (κ3) is 4.63. The van der Waals surface area contributed by atoms with Crippen molar-refractivity contribution in [1.82, 2.24) is 10.2 Å². The summed E-state index contributed by atoms with van der Waals surface area (Å²) in [6.07, 6.45) is 2.34. The van der Waals surface area contributed by atoms with Crippen molar-refractivity contribution in [3.63, 3.8) is 0 Å². The van der Waals surface area contributed by atoms with Crippen LogP contribution in [0.15, 0.2) is 36.4 Å². The lowest BCUT2D eigenvalue weighted by atomic mass is 9.93. The molecule has 8 heteroatoms. The maximum Gasteiger partial charge on any atom is 0.471 e. The number of hydrogen-bond donors (Lipinski definition) is 1. The third-order valence-corrected chi connectivity index (χ3v) is 6.31. The summed E-state index contributed by atoms with van der Waals surface area (Å²) >= 11 is 0. The number of carbonyl (C=O) groups excluding carboxylic acids is 2. The summed E-state index contributed by atoms with van der Waals surface area (Å²) in [6, 6.07) is 6.83. The molecule has 3 unspecified atom stereocenters. The summed E-state index contributed by atoms with van der Waals surface area (Å²) < 4.78 is 43.5. The molecule has 5 nitrogen and oxygen atoms in total. The van der Waals surface area contributed by atoms with Crippen molar-refractivity contribution >= 4 is 11.8 Å². The van der Waals surface area contributed by atoms with Gasteiger partial charge in [0, 0.05) is 38.0 Å². The molecule has 1 N–H and O–H groups in total. The zero-order valence-electron chi connectivity index (χ0n) is 16.5. The number of fused-ring (bicyclic) bond motifs is 2. The van der Waals surface area contributed by atoms with Crippen LogP contribution < -0.4 is 10.1 Å². The van der Waals surface area contributed by atoms with Gasteiger partial charge in [-0.1, -0.05) is 18.2 Å². The second kappa shape index (κ2) is 8.32. The molecule has 1 saturated carbocycles. The van der Waals surface area contributed by atoms with Gasteiger partial charge < -0.3 is 15.0 Å². The van der Waals surface area contributed by atoms with Crippen LogP contribution >= 0.6 is 0 Å². The van der Waals surface area contributed by atoms with Crippen molar-refractivity contribution < 1.29 is 27.5 Å². The lowest BCUT2D eigenvalue weighted by molar-refractivity contribution is -0.187. The van der Waals surface area contributed by atoms with Crippen molar-refractivity contribution in [3.8, 4) is 5.75 Å². The molecular formula is C22H25F3N2O3. The molecule has 1 aliphatic heterocycles. The Morgan fingerprint density at radius 2 is 1.90 bits per heavy atom. The molecule has 1 saturated heterocycles. The molecule has 3 atom stereocenters. The number of rotatable bonds is 5. The number of alkyl halides is 3. The Kier molecular flexibility index (Phi) is 5.75. The molecule has 1 aromatic carbocycles. The number of benzene rings is 1. The van der Waals surface area contributed by atoms with E-state index in [2.05, 4.69) is 17.5 Å². The van der Waals surface area contributed by atoms with Gasteiger partial charge in [-0.25, -0.2) is 0 Å². The first kappa shape index (κ1) is 20.8. The molecule has 1 aromatic rings. The van der Waals surface area contributed by atoms with Gasteiger partial charge in [0.05, 0.1) is 0 Å². The molecular weight excluding hydrogens is 397 g/mol. The summed E-state index contributed by atoms with van der Waals surface area (Å²) in [7, 11) is 0. The number of piperidine rings is 1. The maximum atomic E-state index is 12.5. The number of nitrogens with zero attached hydrogens (tertiary/aromatic N) is 1. The van der Waals surface area contributed by atoms with Crippen LogP contribution in [-0.4, -0.2) is 48.6 Å². The predicted octanol–water partition coefficient (Wildman–Crippen LogP) is 3.56. The lowest BCUT2D eigenvalue weighted by Crippen LogP contribution is -2.47. The number of likely N-dealkylation sites (tertiary alicyclic amines) is 1. The van der Waals surface area contributed by atoms with Crippen molar-refractivity contribution in [2.45, 2.75) is 38.0 Å². The fourth-order valence-corrected chi connectivity index (χ4v) is 4.71. The molecule has 2 amide bonds. The molecule has 162 valence electrons. The SMILES string of the molecule is O=C(NCC1CC2C=CC1C2)c1cccc(OC2CCN(C(=O)C(F)(F)F)CC2)c1. The number of ether oxygens (including phenoxy) is 1. The highest BCUT2D eigenvalue weighted by Gasteiger charge is 2.43. The van der Waals surface area contributed by atoms with E-state index in [0.29, 0.717) is 48.5 Å². The summed E-state index contributed by atoms with van der Waals surface area (Å²) in [6.45, 7) is 0.656. The van der Waals surface area contributed by atoms with E-state index >= 15 is 0 Å². The quantitative estimate of drug-likeness (QED) is 0.739. The Bertz CT molecular complexity index is 831. The third-order valence-electron chi connectivity index (χ3n) is 6.31. The molecule has 30 heavy (non-hydrogen) atoms. The summed E-state index contributed by atoms with van der Waals surface area (Å²) in [4.78, 5) is 24.7. The zero-order chi connectivity index (χ0) is 21.3. The topological polar surface area (TPSA) is 58.6 Å². The second-order valence-electron chi connectivity index (χ2n) is 8.39. The minimum Gasteiger partial charge on any atom is -0.490 e. The zero-order valence-corrected chi connectivity index (χ0v) is 16.5. The van der Waals surface area contributed by atoms with Gasteiger partial charge in [-0.05, 0) is 48.8 Å². The minimum absolute atomic E-state index is 0.00117. The number of nitrogens with one attached hydrogen (secondary N) is 1. The largest absolute Gasteiger partial charge is 0.490 e. The number of amides is 2. The molecule has 2 aliphatic carbocycles. The highest BCUT2D eigenvalue weighted by atomic mass is 19.4. The first-order valence-corrected chi connectivity index (χ1v) is 10.4. The van der Waals surface area contributed by atoms with Crippen LogP contribution in [0, 0.1) is 17.8 Å². The van der Waals surface area contributed by atoms with Crippen LogP contribution in [0.1, 0.15) is 36.0 Å². The summed E-state index contributed by atoms with van der Waals surface area (Å²) in [5.41, 5.74) is 0.496. The fourth-order valence-electron chi connectivity index (χ4n) is 4.71. The van der Waals surface area contributed by atoms with Crippen LogP contribution in [-0.2, 0) is 4.79 Å². The van der Waals surface area contributed by atoms with E-state index in [-0.39, 0.29) is 25.1 Å². The average Bonchev–Trinajstić information content (AvgIpc) is 3.35.